The number of hydrogen-bond acceptors (Lipinski definition) is 5. The summed E-state index contributed by atoms with van der Waals surface area (Å²) in [4.78, 5) is 28.8. The van der Waals surface area contributed by atoms with Gasteiger partial charge in [-0.3, -0.25) is 15.0 Å². The van der Waals surface area contributed by atoms with Crippen LogP contribution in [0.25, 0.3) is 11.1 Å². The van der Waals surface area contributed by atoms with Gasteiger partial charge in [0.15, 0.2) is 0 Å². The Hall–Kier alpha value is -3.24. The molecule has 2 aromatic heterocycles. The van der Waals surface area contributed by atoms with Gasteiger partial charge in [-0.2, -0.15) is 17.8 Å². The van der Waals surface area contributed by atoms with Crippen molar-refractivity contribution in [1.29, 1.82) is 0 Å². The summed E-state index contributed by atoms with van der Waals surface area (Å²) in [6.45, 7) is 1.62. The molecule has 3 aromatic rings. The van der Waals surface area contributed by atoms with Crippen molar-refractivity contribution >= 4 is 17.0 Å². The van der Waals surface area contributed by atoms with Gasteiger partial charge in [0.2, 0.25) is 5.91 Å². The highest BCUT2D eigenvalue weighted by atomic mass is 19.4. The number of fused-ring (bicyclic) bond motifs is 1. The van der Waals surface area contributed by atoms with E-state index < -0.39 is 41.2 Å². The number of aromatic nitrogens is 3. The zero-order chi connectivity index (χ0) is 20.5. The first kappa shape index (κ1) is 19.5. The summed E-state index contributed by atoms with van der Waals surface area (Å²) in [6.07, 6.45) is -5.94. The zero-order valence-corrected chi connectivity index (χ0v) is 14.5. The number of amides is 1. The zero-order valence-electron chi connectivity index (χ0n) is 14.5. The first-order valence-corrected chi connectivity index (χ1v) is 8.19. The third-order valence-corrected chi connectivity index (χ3v) is 3.83. The summed E-state index contributed by atoms with van der Waals surface area (Å²) >= 11 is 0. The van der Waals surface area contributed by atoms with Gasteiger partial charge in [-0.15, -0.1) is 0 Å². The molecule has 7 nitrogen and oxygen atoms in total. The molecule has 1 N–H and O–H groups in total. The van der Waals surface area contributed by atoms with Crippen LogP contribution in [0, 0.1) is 5.82 Å². The van der Waals surface area contributed by atoms with Crippen molar-refractivity contribution < 1.29 is 26.9 Å². The number of carbonyl (C=O) groups is 1. The quantitative estimate of drug-likeness (QED) is 0.667. The van der Waals surface area contributed by atoms with E-state index in [-0.39, 0.29) is 24.2 Å². The lowest BCUT2D eigenvalue weighted by atomic mass is 10.1. The smallest absolute Gasteiger partial charge is 0.348 e. The van der Waals surface area contributed by atoms with Crippen molar-refractivity contribution in [2.24, 2.45) is 0 Å². The Kier molecular flexibility index (Phi) is 5.16. The van der Waals surface area contributed by atoms with Crippen LogP contribution in [-0.4, -0.2) is 26.9 Å². The summed E-state index contributed by atoms with van der Waals surface area (Å²) in [5, 5.41) is 3.29. The number of hydrogen-bond donors (Lipinski definition) is 1. The van der Waals surface area contributed by atoms with Crippen LogP contribution < -0.4 is 11.0 Å². The highest BCUT2D eigenvalue weighted by molar-refractivity contribution is 5.86. The van der Waals surface area contributed by atoms with Gasteiger partial charge in [-0.25, -0.2) is 9.37 Å². The molecule has 0 aliphatic rings. The molecule has 0 saturated carbocycles. The number of rotatable bonds is 5. The van der Waals surface area contributed by atoms with E-state index in [2.05, 4.69) is 15.6 Å². The molecule has 2 heterocycles. The standard InChI is InChI=1S/C17H14F4N4O3/c1-2-12-22-14-11(8-17(19,20)21)24-28-15(14)16(27)25(12)23-13(26)7-9-3-5-10(18)6-4-9/h3-6H,2,7-8H2,1H3,(H,23,26). The van der Waals surface area contributed by atoms with Crippen molar-refractivity contribution in [3.05, 3.63) is 57.5 Å². The van der Waals surface area contributed by atoms with Crippen molar-refractivity contribution in [1.82, 2.24) is 14.8 Å². The second kappa shape index (κ2) is 7.41. The van der Waals surface area contributed by atoms with Gasteiger partial charge in [0, 0.05) is 6.42 Å². The largest absolute Gasteiger partial charge is 0.394 e. The molecule has 148 valence electrons. The van der Waals surface area contributed by atoms with E-state index in [9.17, 15) is 27.2 Å². The van der Waals surface area contributed by atoms with Crippen LogP contribution in [0.3, 0.4) is 0 Å². The number of carbonyl (C=O) groups excluding carboxylic acids is 1. The Balaban J connectivity index is 1.92. The summed E-state index contributed by atoms with van der Waals surface area (Å²) in [6, 6.07) is 5.21. The normalized spacial score (nSPS) is 11.8. The Labute approximate surface area is 154 Å². The summed E-state index contributed by atoms with van der Waals surface area (Å²) < 4.78 is 56.4. The van der Waals surface area contributed by atoms with Crippen molar-refractivity contribution in [2.45, 2.75) is 32.4 Å². The van der Waals surface area contributed by atoms with E-state index in [1.54, 1.807) is 6.92 Å². The minimum atomic E-state index is -4.55. The predicted octanol–water partition coefficient (Wildman–Crippen LogP) is 2.50. The summed E-state index contributed by atoms with van der Waals surface area (Å²) in [5.41, 5.74) is 0.691. The SMILES string of the molecule is CCc1nc2c(CC(F)(F)F)noc2c(=O)n1NC(=O)Cc1ccc(F)cc1. The van der Waals surface area contributed by atoms with E-state index in [1.165, 1.54) is 24.3 Å². The molecular formula is C17H14F4N4O3. The second-order valence-electron chi connectivity index (χ2n) is 5.96. The van der Waals surface area contributed by atoms with Gasteiger partial charge in [0.05, 0.1) is 12.8 Å². The molecule has 1 amide bonds. The number of alkyl halides is 3. The Bertz CT molecular complexity index is 1070. The van der Waals surface area contributed by atoms with Crippen molar-refractivity contribution in [3.8, 4) is 0 Å². The minimum Gasteiger partial charge on any atom is -0.348 e. The third kappa shape index (κ3) is 4.18. The van der Waals surface area contributed by atoms with Crippen LogP contribution in [0.1, 0.15) is 24.0 Å². The van der Waals surface area contributed by atoms with E-state index in [4.69, 9.17) is 4.52 Å². The van der Waals surface area contributed by atoms with Crippen LogP contribution >= 0.6 is 0 Å². The predicted molar refractivity (Wildman–Crippen MR) is 89.7 cm³/mol. The fourth-order valence-corrected chi connectivity index (χ4v) is 2.58. The van der Waals surface area contributed by atoms with Gasteiger partial charge in [-0.05, 0) is 17.7 Å². The second-order valence-corrected chi connectivity index (χ2v) is 5.96. The first-order valence-electron chi connectivity index (χ1n) is 8.19. The Morgan fingerprint density at radius 1 is 1.25 bits per heavy atom. The average Bonchev–Trinajstić information content (AvgIpc) is 3.00. The number of nitrogens with one attached hydrogen (secondary N) is 1. The molecule has 1 aromatic carbocycles. The maximum atomic E-state index is 12.9. The minimum absolute atomic E-state index is 0.0385. The average molecular weight is 398 g/mol. The maximum Gasteiger partial charge on any atom is 0.394 e. The van der Waals surface area contributed by atoms with Crippen LogP contribution in [-0.2, 0) is 24.1 Å². The molecule has 11 heteroatoms. The molecular weight excluding hydrogens is 384 g/mol. The molecule has 0 spiro atoms. The highest BCUT2D eigenvalue weighted by Gasteiger charge is 2.32. The van der Waals surface area contributed by atoms with Gasteiger partial charge >= 0.3 is 11.7 Å². The molecule has 0 aliphatic heterocycles. The topological polar surface area (TPSA) is 90.0 Å². The molecule has 0 atom stereocenters. The molecule has 0 saturated heterocycles. The fourth-order valence-electron chi connectivity index (χ4n) is 2.58. The van der Waals surface area contributed by atoms with Crippen LogP contribution in [0.4, 0.5) is 17.6 Å². The molecule has 28 heavy (non-hydrogen) atoms. The molecule has 0 radical (unpaired) electrons. The molecule has 0 aliphatic carbocycles. The number of nitrogens with zero attached hydrogens (tertiary/aromatic N) is 3. The highest BCUT2D eigenvalue weighted by Crippen LogP contribution is 2.24. The molecule has 0 fully saturated rings. The van der Waals surface area contributed by atoms with E-state index in [0.717, 1.165) is 4.68 Å². The monoisotopic (exact) mass is 398 g/mol. The third-order valence-electron chi connectivity index (χ3n) is 3.83. The first-order chi connectivity index (χ1) is 13.2. The number of aryl methyl sites for hydroxylation is 1. The molecule has 0 bridgehead atoms. The lowest BCUT2D eigenvalue weighted by molar-refractivity contribution is -0.128. The summed E-state index contributed by atoms with van der Waals surface area (Å²) in [5.74, 6) is -1.01. The fraction of sp³-hybridized carbons (Fsp3) is 0.294. The number of halogens is 4. The van der Waals surface area contributed by atoms with E-state index in [1.807, 2.05) is 0 Å². The van der Waals surface area contributed by atoms with Crippen LogP contribution in [0.2, 0.25) is 0 Å². The van der Waals surface area contributed by atoms with Crippen LogP contribution in [0.5, 0.6) is 0 Å². The van der Waals surface area contributed by atoms with Gasteiger partial charge < -0.3 is 4.52 Å². The van der Waals surface area contributed by atoms with Gasteiger partial charge in [-0.1, -0.05) is 24.2 Å². The van der Waals surface area contributed by atoms with E-state index >= 15 is 0 Å². The lowest BCUT2D eigenvalue weighted by Crippen LogP contribution is -2.36. The van der Waals surface area contributed by atoms with Crippen LogP contribution in [0.15, 0.2) is 33.6 Å². The summed E-state index contributed by atoms with van der Waals surface area (Å²) in [7, 11) is 0. The van der Waals surface area contributed by atoms with Gasteiger partial charge in [0.1, 0.15) is 22.9 Å². The molecule has 0 unspecified atom stereocenters. The van der Waals surface area contributed by atoms with Gasteiger partial charge in [0.25, 0.3) is 5.58 Å². The van der Waals surface area contributed by atoms with Crippen molar-refractivity contribution in [2.75, 3.05) is 5.43 Å². The van der Waals surface area contributed by atoms with E-state index in [0.29, 0.717) is 5.56 Å². The number of benzene rings is 1. The lowest BCUT2D eigenvalue weighted by Gasteiger charge is -2.12. The Morgan fingerprint density at radius 3 is 2.54 bits per heavy atom. The Morgan fingerprint density at radius 2 is 1.93 bits per heavy atom. The molecule has 3 rings (SSSR count). The maximum absolute atomic E-state index is 12.9. The van der Waals surface area contributed by atoms with Crippen molar-refractivity contribution in [3.63, 3.8) is 0 Å².